The van der Waals surface area contributed by atoms with Crippen molar-refractivity contribution >= 4 is 17.2 Å². The molecule has 6 heteroatoms. The number of carbonyl (C=O) groups excluding carboxylic acids is 1. The summed E-state index contributed by atoms with van der Waals surface area (Å²) >= 11 is 1.73. The molecule has 0 bridgehead atoms. The molecular formula is C14H24N4OS. The van der Waals surface area contributed by atoms with Gasteiger partial charge in [0, 0.05) is 50.6 Å². The van der Waals surface area contributed by atoms with Crippen molar-refractivity contribution < 1.29 is 4.79 Å². The maximum atomic E-state index is 12.1. The van der Waals surface area contributed by atoms with E-state index in [0.717, 1.165) is 44.8 Å². The molecule has 1 aliphatic rings. The van der Waals surface area contributed by atoms with Crippen molar-refractivity contribution in [2.75, 3.05) is 32.7 Å². The maximum absolute atomic E-state index is 12.1. The number of rotatable bonds is 5. The number of aromatic nitrogens is 1. The minimum atomic E-state index is -0.0628. The lowest BCUT2D eigenvalue weighted by molar-refractivity contribution is -0.136. The van der Waals surface area contributed by atoms with Gasteiger partial charge >= 0.3 is 0 Å². The standard InChI is InChI=1S/C14H24N4OS/c1-3-13-16-12(10-20-13)9-17-4-6-18(7-5-17)14(19)11(2)8-15/h10-11H,3-9,15H2,1-2H3. The van der Waals surface area contributed by atoms with E-state index >= 15 is 0 Å². The fraction of sp³-hybridized carbons (Fsp3) is 0.714. The van der Waals surface area contributed by atoms with Crippen LogP contribution in [0.1, 0.15) is 24.5 Å². The van der Waals surface area contributed by atoms with E-state index in [-0.39, 0.29) is 11.8 Å². The minimum absolute atomic E-state index is 0.0628. The monoisotopic (exact) mass is 296 g/mol. The van der Waals surface area contributed by atoms with Crippen LogP contribution in [0.3, 0.4) is 0 Å². The second-order valence-corrected chi connectivity index (χ2v) is 6.27. The number of amides is 1. The van der Waals surface area contributed by atoms with Crippen molar-refractivity contribution in [3.05, 3.63) is 16.1 Å². The zero-order valence-corrected chi connectivity index (χ0v) is 13.2. The third-order valence-electron chi connectivity index (χ3n) is 3.75. The van der Waals surface area contributed by atoms with Crippen molar-refractivity contribution in [2.45, 2.75) is 26.8 Å². The van der Waals surface area contributed by atoms with Crippen molar-refractivity contribution in [3.63, 3.8) is 0 Å². The van der Waals surface area contributed by atoms with Gasteiger partial charge in [-0.15, -0.1) is 11.3 Å². The van der Waals surface area contributed by atoms with Crippen LogP contribution in [0.25, 0.3) is 0 Å². The van der Waals surface area contributed by atoms with Gasteiger partial charge in [-0.3, -0.25) is 9.69 Å². The Bertz CT molecular complexity index is 440. The Balaban J connectivity index is 1.80. The first-order valence-electron chi connectivity index (χ1n) is 7.28. The van der Waals surface area contributed by atoms with Gasteiger partial charge in [0.1, 0.15) is 0 Å². The summed E-state index contributed by atoms with van der Waals surface area (Å²) in [5, 5.41) is 3.35. The predicted molar refractivity (Wildman–Crippen MR) is 81.6 cm³/mol. The third kappa shape index (κ3) is 3.77. The van der Waals surface area contributed by atoms with E-state index in [1.165, 1.54) is 5.01 Å². The fourth-order valence-electron chi connectivity index (χ4n) is 2.35. The number of nitrogens with two attached hydrogens (primary N) is 1. The van der Waals surface area contributed by atoms with Crippen LogP contribution in [0, 0.1) is 5.92 Å². The highest BCUT2D eigenvalue weighted by atomic mass is 32.1. The van der Waals surface area contributed by atoms with Crippen LogP contribution in [0.4, 0.5) is 0 Å². The number of thiazole rings is 1. The van der Waals surface area contributed by atoms with Gasteiger partial charge in [0.25, 0.3) is 0 Å². The first-order valence-corrected chi connectivity index (χ1v) is 8.16. The molecule has 0 spiro atoms. The average Bonchev–Trinajstić information content (AvgIpc) is 2.94. The van der Waals surface area contributed by atoms with Crippen LogP contribution >= 0.6 is 11.3 Å². The summed E-state index contributed by atoms with van der Waals surface area (Å²) in [4.78, 5) is 21.0. The molecule has 2 N–H and O–H groups in total. The molecule has 2 rings (SSSR count). The average molecular weight is 296 g/mol. The summed E-state index contributed by atoms with van der Waals surface area (Å²) in [7, 11) is 0. The highest BCUT2D eigenvalue weighted by Gasteiger charge is 2.24. The number of hydrogen-bond donors (Lipinski definition) is 1. The molecule has 1 atom stereocenters. The topological polar surface area (TPSA) is 62.5 Å². The predicted octanol–water partition coefficient (Wildman–Crippen LogP) is 0.944. The molecule has 1 aliphatic heterocycles. The molecule has 1 aromatic rings. The van der Waals surface area contributed by atoms with Crippen molar-refractivity contribution in [3.8, 4) is 0 Å². The third-order valence-corrected chi connectivity index (χ3v) is 4.79. The number of carbonyl (C=O) groups is 1. The van der Waals surface area contributed by atoms with Gasteiger partial charge in [-0.2, -0.15) is 0 Å². The molecule has 1 saturated heterocycles. The normalized spacial score (nSPS) is 18.2. The van der Waals surface area contributed by atoms with Crippen LogP contribution < -0.4 is 5.73 Å². The Labute approximate surface area is 124 Å². The molecule has 0 aliphatic carbocycles. The number of aryl methyl sites for hydroxylation is 1. The molecule has 0 radical (unpaired) electrons. The van der Waals surface area contributed by atoms with Crippen molar-refractivity contribution in [1.82, 2.24) is 14.8 Å². The zero-order valence-electron chi connectivity index (χ0n) is 12.3. The first kappa shape index (κ1) is 15.4. The summed E-state index contributed by atoms with van der Waals surface area (Å²) in [5.74, 6) is 0.126. The molecule has 0 aromatic carbocycles. The Morgan fingerprint density at radius 1 is 1.45 bits per heavy atom. The number of hydrogen-bond acceptors (Lipinski definition) is 5. The van der Waals surface area contributed by atoms with E-state index < -0.39 is 0 Å². The molecule has 1 fully saturated rings. The molecule has 1 aromatic heterocycles. The van der Waals surface area contributed by atoms with Crippen LogP contribution in [-0.4, -0.2) is 53.4 Å². The second-order valence-electron chi connectivity index (χ2n) is 5.32. The molecule has 20 heavy (non-hydrogen) atoms. The van der Waals surface area contributed by atoms with E-state index in [4.69, 9.17) is 5.73 Å². The van der Waals surface area contributed by atoms with E-state index in [1.807, 2.05) is 11.8 Å². The maximum Gasteiger partial charge on any atom is 0.226 e. The van der Waals surface area contributed by atoms with Gasteiger partial charge in [-0.25, -0.2) is 4.98 Å². The van der Waals surface area contributed by atoms with Gasteiger partial charge in [0.15, 0.2) is 0 Å². The largest absolute Gasteiger partial charge is 0.340 e. The molecule has 1 unspecified atom stereocenters. The molecule has 1 amide bonds. The summed E-state index contributed by atoms with van der Waals surface area (Å²) in [5.41, 5.74) is 6.71. The SMILES string of the molecule is CCc1nc(CN2CCN(C(=O)C(C)CN)CC2)cs1. The van der Waals surface area contributed by atoms with Gasteiger partial charge < -0.3 is 10.6 Å². The molecular weight excluding hydrogens is 272 g/mol. The van der Waals surface area contributed by atoms with Gasteiger partial charge in [-0.1, -0.05) is 13.8 Å². The first-order chi connectivity index (χ1) is 9.63. The number of piperazine rings is 1. The van der Waals surface area contributed by atoms with E-state index in [2.05, 4.69) is 22.2 Å². The van der Waals surface area contributed by atoms with Gasteiger partial charge in [-0.05, 0) is 6.42 Å². The van der Waals surface area contributed by atoms with Gasteiger partial charge in [0.05, 0.1) is 10.7 Å². The lowest BCUT2D eigenvalue weighted by atomic mass is 10.1. The van der Waals surface area contributed by atoms with Crippen LogP contribution in [-0.2, 0) is 17.8 Å². The number of nitrogens with zero attached hydrogens (tertiary/aromatic N) is 3. The molecule has 0 saturated carbocycles. The van der Waals surface area contributed by atoms with Crippen molar-refractivity contribution in [1.29, 1.82) is 0 Å². The second kappa shape index (κ2) is 7.15. The lowest BCUT2D eigenvalue weighted by Gasteiger charge is -2.35. The molecule has 112 valence electrons. The highest BCUT2D eigenvalue weighted by Crippen LogP contribution is 2.14. The van der Waals surface area contributed by atoms with Gasteiger partial charge in [0.2, 0.25) is 5.91 Å². The van der Waals surface area contributed by atoms with E-state index in [9.17, 15) is 4.79 Å². The Kier molecular flexibility index (Phi) is 5.51. The van der Waals surface area contributed by atoms with Crippen LogP contribution in [0.5, 0.6) is 0 Å². The summed E-state index contributed by atoms with van der Waals surface area (Å²) in [6, 6.07) is 0. The Morgan fingerprint density at radius 3 is 2.70 bits per heavy atom. The molecule has 5 nitrogen and oxygen atoms in total. The lowest BCUT2D eigenvalue weighted by Crippen LogP contribution is -2.50. The van der Waals surface area contributed by atoms with Crippen LogP contribution in [0.15, 0.2) is 5.38 Å². The van der Waals surface area contributed by atoms with E-state index in [1.54, 1.807) is 11.3 Å². The quantitative estimate of drug-likeness (QED) is 0.878. The summed E-state index contributed by atoms with van der Waals surface area (Å²) in [6.07, 6.45) is 1.00. The summed E-state index contributed by atoms with van der Waals surface area (Å²) < 4.78 is 0. The molecule has 2 heterocycles. The zero-order chi connectivity index (χ0) is 14.5. The fourth-order valence-corrected chi connectivity index (χ4v) is 3.09. The minimum Gasteiger partial charge on any atom is -0.340 e. The van der Waals surface area contributed by atoms with Crippen molar-refractivity contribution in [2.24, 2.45) is 11.7 Å². The summed E-state index contributed by atoms with van der Waals surface area (Å²) in [6.45, 7) is 8.79. The smallest absolute Gasteiger partial charge is 0.226 e. The van der Waals surface area contributed by atoms with Crippen LogP contribution in [0.2, 0.25) is 0 Å². The Morgan fingerprint density at radius 2 is 2.15 bits per heavy atom. The highest BCUT2D eigenvalue weighted by molar-refractivity contribution is 7.09. The Hall–Kier alpha value is -0.980. The van der Waals surface area contributed by atoms with E-state index in [0.29, 0.717) is 6.54 Å².